The summed E-state index contributed by atoms with van der Waals surface area (Å²) in [5.74, 6) is 0.864. The number of nitrogens with one attached hydrogen (secondary N) is 1. The summed E-state index contributed by atoms with van der Waals surface area (Å²) in [5.41, 5.74) is 0. The topological polar surface area (TPSA) is 69.0 Å². The molecule has 0 amide bonds. The van der Waals surface area contributed by atoms with Crippen LogP contribution in [0.15, 0.2) is 0 Å². The molecule has 0 aromatic carbocycles. The molecule has 108 valence electrons. The van der Waals surface area contributed by atoms with E-state index in [0.717, 1.165) is 25.9 Å². The second-order valence-electron chi connectivity index (χ2n) is 4.25. The van der Waals surface area contributed by atoms with Gasteiger partial charge in [0, 0.05) is 13.1 Å². The number of ether oxygens (including phenoxy) is 1. The molecule has 1 aromatic heterocycles. The molecule has 0 aliphatic heterocycles. The first-order valence-corrected chi connectivity index (χ1v) is 7.03. The number of hydrogen-bond donors (Lipinski definition) is 1. The first kappa shape index (κ1) is 15.5. The van der Waals surface area contributed by atoms with Crippen LogP contribution < -0.4 is 5.32 Å². The lowest BCUT2D eigenvalue weighted by atomic mass is 10.0. The number of rotatable bonds is 8. The quantitative estimate of drug-likeness (QED) is 0.732. The molecule has 0 saturated heterocycles. The molecule has 0 saturated carbocycles. The summed E-state index contributed by atoms with van der Waals surface area (Å²) in [7, 11) is 0. The van der Waals surface area contributed by atoms with Gasteiger partial charge in [0.25, 0.3) is 0 Å². The van der Waals surface area contributed by atoms with Gasteiger partial charge in [-0.3, -0.25) is 9.36 Å². The van der Waals surface area contributed by atoms with Crippen LogP contribution in [0.1, 0.15) is 52.3 Å². The van der Waals surface area contributed by atoms with Crippen molar-refractivity contribution < 1.29 is 9.53 Å². The van der Waals surface area contributed by atoms with Crippen LogP contribution in [0.2, 0.25) is 0 Å². The van der Waals surface area contributed by atoms with Gasteiger partial charge in [-0.1, -0.05) is 13.3 Å². The molecule has 0 aliphatic rings. The first-order valence-electron chi connectivity index (χ1n) is 7.03. The van der Waals surface area contributed by atoms with Crippen molar-refractivity contribution in [2.45, 2.75) is 53.0 Å². The zero-order chi connectivity index (χ0) is 14.3. The van der Waals surface area contributed by atoms with E-state index in [-0.39, 0.29) is 11.9 Å². The van der Waals surface area contributed by atoms with E-state index in [1.165, 1.54) is 0 Å². The molecule has 0 spiro atoms. The van der Waals surface area contributed by atoms with E-state index in [9.17, 15) is 4.79 Å². The lowest BCUT2D eigenvalue weighted by Crippen LogP contribution is -2.20. The lowest BCUT2D eigenvalue weighted by molar-refractivity contribution is -0.145. The van der Waals surface area contributed by atoms with Gasteiger partial charge in [-0.2, -0.15) is 0 Å². The SMILES string of the molecule is CCCC(C(=O)OCC)c1nnc(NCC)n1CC. The van der Waals surface area contributed by atoms with Crippen molar-refractivity contribution in [3.05, 3.63) is 5.82 Å². The van der Waals surface area contributed by atoms with Crippen LogP contribution in [-0.2, 0) is 16.1 Å². The highest BCUT2D eigenvalue weighted by atomic mass is 16.5. The molecular weight excluding hydrogens is 244 g/mol. The van der Waals surface area contributed by atoms with Gasteiger partial charge in [0.05, 0.1) is 6.61 Å². The fraction of sp³-hybridized carbons (Fsp3) is 0.769. The van der Waals surface area contributed by atoms with Gasteiger partial charge in [0.15, 0.2) is 0 Å². The molecule has 0 fully saturated rings. The van der Waals surface area contributed by atoms with Crippen LogP contribution in [0.3, 0.4) is 0 Å². The largest absolute Gasteiger partial charge is 0.465 e. The summed E-state index contributed by atoms with van der Waals surface area (Å²) >= 11 is 0. The van der Waals surface area contributed by atoms with Crippen LogP contribution in [-0.4, -0.2) is 33.9 Å². The number of aromatic nitrogens is 3. The fourth-order valence-corrected chi connectivity index (χ4v) is 2.06. The van der Waals surface area contributed by atoms with Crippen LogP contribution in [0.5, 0.6) is 0 Å². The van der Waals surface area contributed by atoms with Crippen LogP contribution in [0, 0.1) is 0 Å². The Kier molecular flexibility index (Phi) is 6.32. The van der Waals surface area contributed by atoms with Crippen molar-refractivity contribution in [2.24, 2.45) is 0 Å². The summed E-state index contributed by atoms with van der Waals surface area (Å²) in [5, 5.41) is 11.4. The maximum atomic E-state index is 12.0. The van der Waals surface area contributed by atoms with E-state index < -0.39 is 0 Å². The molecule has 6 nitrogen and oxygen atoms in total. The molecule has 6 heteroatoms. The summed E-state index contributed by atoms with van der Waals surface area (Å²) < 4.78 is 7.08. The van der Waals surface area contributed by atoms with Crippen molar-refractivity contribution in [1.29, 1.82) is 0 Å². The van der Waals surface area contributed by atoms with E-state index in [2.05, 4.69) is 15.5 Å². The molecule has 19 heavy (non-hydrogen) atoms. The zero-order valence-corrected chi connectivity index (χ0v) is 12.3. The number of esters is 1. The van der Waals surface area contributed by atoms with Crippen LogP contribution >= 0.6 is 0 Å². The van der Waals surface area contributed by atoms with Gasteiger partial charge in [-0.25, -0.2) is 0 Å². The minimum absolute atomic E-state index is 0.213. The van der Waals surface area contributed by atoms with Gasteiger partial charge >= 0.3 is 5.97 Å². The summed E-state index contributed by atoms with van der Waals surface area (Å²) in [6.07, 6.45) is 1.62. The third kappa shape index (κ3) is 3.68. The van der Waals surface area contributed by atoms with Crippen molar-refractivity contribution >= 4 is 11.9 Å². The minimum Gasteiger partial charge on any atom is -0.465 e. The second kappa shape index (κ2) is 7.76. The first-order chi connectivity index (χ1) is 9.19. The third-order valence-electron chi connectivity index (χ3n) is 2.89. The monoisotopic (exact) mass is 268 g/mol. The predicted octanol–water partition coefficient (Wildman–Crippen LogP) is 2.18. The number of carbonyl (C=O) groups excluding carboxylic acids is 1. The maximum absolute atomic E-state index is 12.0. The minimum atomic E-state index is -0.329. The molecule has 1 heterocycles. The smallest absolute Gasteiger partial charge is 0.316 e. The standard InChI is InChI=1S/C13H24N4O2/c1-5-9-10(12(18)19-8-4)11-15-16-13(14-6-2)17(11)7-3/h10H,5-9H2,1-4H3,(H,14,16). The summed E-state index contributed by atoms with van der Waals surface area (Å²) in [6.45, 7) is 9.77. The molecule has 1 unspecified atom stereocenters. The molecule has 1 N–H and O–H groups in total. The highest BCUT2D eigenvalue weighted by Gasteiger charge is 2.27. The van der Waals surface area contributed by atoms with E-state index in [4.69, 9.17) is 4.74 Å². The molecule has 1 aromatic rings. The average Bonchev–Trinajstić information content (AvgIpc) is 2.79. The Morgan fingerprint density at radius 1 is 1.32 bits per heavy atom. The zero-order valence-electron chi connectivity index (χ0n) is 12.3. The summed E-state index contributed by atoms with van der Waals surface area (Å²) in [4.78, 5) is 12.0. The van der Waals surface area contributed by atoms with E-state index in [1.807, 2.05) is 32.3 Å². The van der Waals surface area contributed by atoms with Crippen LogP contribution in [0.4, 0.5) is 5.95 Å². The van der Waals surface area contributed by atoms with Crippen LogP contribution in [0.25, 0.3) is 0 Å². The highest BCUT2D eigenvalue weighted by Crippen LogP contribution is 2.23. The summed E-state index contributed by atoms with van der Waals surface area (Å²) in [6, 6.07) is 0. The Morgan fingerprint density at radius 3 is 2.58 bits per heavy atom. The van der Waals surface area contributed by atoms with Crippen molar-refractivity contribution in [3.8, 4) is 0 Å². The third-order valence-corrected chi connectivity index (χ3v) is 2.89. The molecule has 1 rings (SSSR count). The highest BCUT2D eigenvalue weighted by molar-refractivity contribution is 5.77. The van der Waals surface area contributed by atoms with Gasteiger partial charge in [-0.15, -0.1) is 10.2 Å². The van der Waals surface area contributed by atoms with E-state index in [1.54, 1.807) is 0 Å². The fourth-order valence-electron chi connectivity index (χ4n) is 2.06. The normalized spacial score (nSPS) is 12.2. The van der Waals surface area contributed by atoms with Gasteiger partial charge in [-0.05, 0) is 27.2 Å². The molecule has 1 atom stereocenters. The Morgan fingerprint density at radius 2 is 2.05 bits per heavy atom. The van der Waals surface area contributed by atoms with Gasteiger partial charge < -0.3 is 10.1 Å². The maximum Gasteiger partial charge on any atom is 0.316 e. The van der Waals surface area contributed by atoms with Crippen molar-refractivity contribution in [1.82, 2.24) is 14.8 Å². The van der Waals surface area contributed by atoms with Crippen molar-refractivity contribution in [3.63, 3.8) is 0 Å². The number of anilines is 1. The number of hydrogen-bond acceptors (Lipinski definition) is 5. The lowest BCUT2D eigenvalue weighted by Gasteiger charge is -2.15. The van der Waals surface area contributed by atoms with E-state index in [0.29, 0.717) is 18.4 Å². The van der Waals surface area contributed by atoms with E-state index >= 15 is 0 Å². The van der Waals surface area contributed by atoms with Crippen molar-refractivity contribution in [2.75, 3.05) is 18.5 Å². The number of nitrogens with zero attached hydrogens (tertiary/aromatic N) is 3. The Hall–Kier alpha value is -1.59. The Balaban J connectivity index is 3.04. The van der Waals surface area contributed by atoms with Gasteiger partial charge in [0.1, 0.15) is 11.7 Å². The second-order valence-corrected chi connectivity index (χ2v) is 4.25. The predicted molar refractivity (Wildman–Crippen MR) is 74.1 cm³/mol. The molecule has 0 bridgehead atoms. The average molecular weight is 268 g/mol. The number of carbonyl (C=O) groups is 1. The Bertz CT molecular complexity index is 403. The Labute approximate surface area is 114 Å². The molecular formula is C13H24N4O2. The molecule has 0 aliphatic carbocycles. The van der Waals surface area contributed by atoms with Gasteiger partial charge in [0.2, 0.25) is 5.95 Å². The molecule has 0 radical (unpaired) electrons.